The molecule has 12 heteroatoms. The Balaban J connectivity index is 1.18. The number of benzene rings is 3. The lowest BCUT2D eigenvalue weighted by atomic mass is 10.00. The summed E-state index contributed by atoms with van der Waals surface area (Å²) in [7, 11) is 0. The van der Waals surface area contributed by atoms with Crippen molar-refractivity contribution in [3.05, 3.63) is 106 Å². The van der Waals surface area contributed by atoms with Crippen LogP contribution in [0.4, 0.5) is 18.0 Å². The number of nitrogens with one attached hydrogen (secondary N) is 1. The molecule has 0 saturated heterocycles. The van der Waals surface area contributed by atoms with Gasteiger partial charge >= 0.3 is 12.4 Å². The summed E-state index contributed by atoms with van der Waals surface area (Å²) < 4.78 is 44.8. The minimum atomic E-state index is -4.75. The molecule has 2 amide bonds. The Kier molecular flexibility index (Phi) is 10.1. The molecule has 0 aliphatic carbocycles. The zero-order valence-corrected chi connectivity index (χ0v) is 26.8. The average molecular weight is 649 g/mol. The fraction of sp³-hybridized carbons (Fsp3) is 0.294. The Hall–Kier alpha value is -4.71. The van der Waals surface area contributed by atoms with Gasteiger partial charge in [0.05, 0.1) is 11.4 Å². The maximum atomic E-state index is 12.9. The lowest BCUT2D eigenvalue weighted by Gasteiger charge is -2.14. The first-order chi connectivity index (χ1) is 22.0. The van der Waals surface area contributed by atoms with Crippen LogP contribution in [-0.4, -0.2) is 38.3 Å². The van der Waals surface area contributed by atoms with Gasteiger partial charge in [-0.2, -0.15) is 4.99 Å². The third-order valence-corrected chi connectivity index (χ3v) is 8.25. The first-order valence-electron chi connectivity index (χ1n) is 15.0. The zero-order valence-electron chi connectivity index (χ0n) is 26.0. The highest BCUT2D eigenvalue weighted by atomic mass is 32.1. The van der Waals surface area contributed by atoms with Gasteiger partial charge in [0, 0.05) is 23.2 Å². The third-order valence-electron chi connectivity index (χ3n) is 7.30. The van der Waals surface area contributed by atoms with E-state index in [0.29, 0.717) is 22.9 Å². The summed E-state index contributed by atoms with van der Waals surface area (Å²) in [5.74, 6) is 0.342. The van der Waals surface area contributed by atoms with Gasteiger partial charge in [-0.05, 0) is 79.6 Å². The van der Waals surface area contributed by atoms with E-state index >= 15 is 0 Å². The van der Waals surface area contributed by atoms with Crippen molar-refractivity contribution in [2.24, 2.45) is 10.9 Å². The van der Waals surface area contributed by atoms with Gasteiger partial charge in [0.1, 0.15) is 12.1 Å². The van der Waals surface area contributed by atoms with E-state index in [9.17, 15) is 18.0 Å². The summed E-state index contributed by atoms with van der Waals surface area (Å²) in [6.45, 7) is 8.79. The molecule has 5 aromatic rings. The fourth-order valence-electron chi connectivity index (χ4n) is 5.10. The van der Waals surface area contributed by atoms with Crippen molar-refractivity contribution < 1.29 is 22.7 Å². The zero-order chi connectivity index (χ0) is 32.8. The summed E-state index contributed by atoms with van der Waals surface area (Å²) in [4.78, 5) is 22.3. The van der Waals surface area contributed by atoms with Crippen molar-refractivity contribution in [1.29, 1.82) is 0 Å². The van der Waals surface area contributed by atoms with Gasteiger partial charge in [0.15, 0.2) is 10.6 Å². The standard InChI is InChI=1S/C34H35F3N6O2S/c1-5-6-26-10-7-22(2)18-30(26)43-24(4)20-46-33(43)40-32(44)38-19-23(3)17-25-8-11-27(12-9-25)31-39-21-42(41-31)28-13-15-29(16-14-28)45-34(35,36)37/h7-16,18,20-21,23H,5-6,17,19H2,1-4H3,(H,38,44)/b40-33-. The molecule has 0 spiro atoms. The van der Waals surface area contributed by atoms with Gasteiger partial charge in [-0.25, -0.2) is 14.5 Å². The van der Waals surface area contributed by atoms with Crippen LogP contribution >= 0.6 is 11.3 Å². The number of urea groups is 1. The number of thiazole rings is 1. The number of hydrogen-bond donors (Lipinski definition) is 1. The Labute approximate surface area is 269 Å². The Morgan fingerprint density at radius 3 is 2.50 bits per heavy atom. The van der Waals surface area contributed by atoms with Crippen LogP contribution in [0.1, 0.15) is 42.7 Å². The topological polar surface area (TPSA) is 86.3 Å². The van der Waals surface area contributed by atoms with Gasteiger partial charge in [0.25, 0.3) is 0 Å². The molecule has 0 radical (unpaired) electrons. The Bertz CT molecular complexity index is 1860. The number of halogens is 3. The first kappa shape index (κ1) is 32.7. The van der Waals surface area contributed by atoms with E-state index in [4.69, 9.17) is 0 Å². The van der Waals surface area contributed by atoms with Gasteiger partial charge in [-0.1, -0.05) is 56.7 Å². The molecule has 1 N–H and O–H groups in total. The number of ether oxygens (including phenoxy) is 1. The van der Waals surface area contributed by atoms with E-state index in [1.165, 1.54) is 52.2 Å². The van der Waals surface area contributed by atoms with Crippen LogP contribution in [0.5, 0.6) is 5.75 Å². The number of amides is 2. The smallest absolute Gasteiger partial charge is 0.406 e. The molecule has 1 atom stereocenters. The second-order valence-electron chi connectivity index (χ2n) is 11.2. The summed E-state index contributed by atoms with van der Waals surface area (Å²) >= 11 is 1.45. The van der Waals surface area contributed by atoms with E-state index < -0.39 is 6.36 Å². The number of rotatable bonds is 10. The Morgan fingerprint density at radius 1 is 1.07 bits per heavy atom. The molecular formula is C34H35F3N6O2S. The number of carbonyl (C=O) groups is 1. The SMILES string of the molecule is CCCc1ccc(C)cc1-n1c(C)cs/c1=N\C(=O)NCC(C)Cc1ccc(-c2ncn(-c3ccc(OC(F)(F)F)cc3)n2)cc1. The highest BCUT2D eigenvalue weighted by Gasteiger charge is 2.31. The number of nitrogens with zero attached hydrogens (tertiary/aromatic N) is 5. The predicted octanol–water partition coefficient (Wildman–Crippen LogP) is 7.74. The Morgan fingerprint density at radius 2 is 1.80 bits per heavy atom. The van der Waals surface area contributed by atoms with Crippen molar-refractivity contribution in [3.8, 4) is 28.5 Å². The normalized spacial score (nSPS) is 12.7. The third kappa shape index (κ3) is 8.30. The minimum Gasteiger partial charge on any atom is -0.406 e. The van der Waals surface area contributed by atoms with E-state index in [1.807, 2.05) is 36.6 Å². The number of aromatic nitrogens is 4. The van der Waals surface area contributed by atoms with Crippen molar-refractivity contribution >= 4 is 17.4 Å². The number of alkyl halides is 3. The molecule has 46 heavy (non-hydrogen) atoms. The first-order valence-corrected chi connectivity index (χ1v) is 15.8. The quantitative estimate of drug-likeness (QED) is 0.168. The van der Waals surface area contributed by atoms with Crippen LogP contribution in [0.3, 0.4) is 0 Å². The highest BCUT2D eigenvalue weighted by molar-refractivity contribution is 7.07. The van der Waals surface area contributed by atoms with E-state index in [2.05, 4.69) is 68.7 Å². The van der Waals surface area contributed by atoms with Crippen LogP contribution in [-0.2, 0) is 12.8 Å². The molecule has 2 aromatic heterocycles. The minimum absolute atomic E-state index is 0.164. The van der Waals surface area contributed by atoms with Gasteiger partial charge in [-0.15, -0.1) is 29.6 Å². The molecule has 240 valence electrons. The van der Waals surface area contributed by atoms with Gasteiger partial charge in [-0.3, -0.25) is 4.57 Å². The summed E-state index contributed by atoms with van der Waals surface area (Å²) in [6.07, 6.45) is -0.522. The lowest BCUT2D eigenvalue weighted by molar-refractivity contribution is -0.274. The summed E-state index contributed by atoms with van der Waals surface area (Å²) in [5, 5.41) is 9.44. The molecule has 0 bridgehead atoms. The van der Waals surface area contributed by atoms with Crippen LogP contribution in [0.2, 0.25) is 0 Å². The van der Waals surface area contributed by atoms with Crippen LogP contribution in [0.25, 0.3) is 22.8 Å². The lowest BCUT2D eigenvalue weighted by Crippen LogP contribution is -2.29. The average Bonchev–Trinajstić information content (AvgIpc) is 3.64. The second kappa shape index (κ2) is 14.2. The van der Waals surface area contributed by atoms with E-state index in [1.54, 1.807) is 0 Å². The summed E-state index contributed by atoms with van der Waals surface area (Å²) in [5.41, 5.74) is 6.93. The van der Waals surface area contributed by atoms with Crippen LogP contribution in [0, 0.1) is 19.8 Å². The maximum Gasteiger partial charge on any atom is 0.573 e. The largest absolute Gasteiger partial charge is 0.573 e. The van der Waals surface area contributed by atoms with Gasteiger partial charge < -0.3 is 10.1 Å². The second-order valence-corrected chi connectivity index (χ2v) is 12.1. The van der Waals surface area contributed by atoms with Crippen LogP contribution < -0.4 is 14.9 Å². The van der Waals surface area contributed by atoms with Crippen molar-refractivity contribution in [2.45, 2.75) is 53.3 Å². The van der Waals surface area contributed by atoms with E-state index in [0.717, 1.165) is 47.3 Å². The van der Waals surface area contributed by atoms with Crippen LogP contribution in [0.15, 0.2) is 83.4 Å². The molecule has 8 nitrogen and oxygen atoms in total. The molecule has 2 heterocycles. The number of carbonyl (C=O) groups excluding carboxylic acids is 1. The molecule has 0 aliphatic rings. The molecule has 5 rings (SSSR count). The maximum absolute atomic E-state index is 12.9. The van der Waals surface area contributed by atoms with Crippen molar-refractivity contribution in [2.75, 3.05) is 6.54 Å². The summed E-state index contributed by atoms with van der Waals surface area (Å²) in [6, 6.07) is 19.3. The predicted molar refractivity (Wildman–Crippen MR) is 172 cm³/mol. The molecule has 1 unspecified atom stereocenters. The fourth-order valence-corrected chi connectivity index (χ4v) is 5.96. The molecule has 0 fully saturated rings. The monoisotopic (exact) mass is 648 g/mol. The van der Waals surface area contributed by atoms with E-state index in [-0.39, 0.29) is 17.7 Å². The molecule has 0 saturated carbocycles. The molecule has 3 aromatic carbocycles. The molecule has 0 aliphatic heterocycles. The van der Waals surface area contributed by atoms with Gasteiger partial charge in [0.2, 0.25) is 0 Å². The number of aryl methyl sites for hydroxylation is 3. The number of hydrogen-bond acceptors (Lipinski definition) is 5. The highest BCUT2D eigenvalue weighted by Crippen LogP contribution is 2.24. The molecular weight excluding hydrogens is 613 g/mol. The van der Waals surface area contributed by atoms with Crippen molar-refractivity contribution in [1.82, 2.24) is 24.6 Å². The van der Waals surface area contributed by atoms with Crippen molar-refractivity contribution in [3.63, 3.8) is 0 Å².